The zero-order chi connectivity index (χ0) is 20.3. The fourth-order valence-corrected chi connectivity index (χ4v) is 5.60. The van der Waals surface area contributed by atoms with Crippen LogP contribution in [-0.2, 0) is 4.79 Å². The van der Waals surface area contributed by atoms with E-state index in [1.165, 1.54) is 23.5 Å². The standard InChI is InChI=1S/C21H15ClF2N2O2S/c22-18-15-2-1-11(12-5-13(23)8-14(24)6-12)7-16(15)29-19(18)20(28)26-9-21(10-26)4-3-17(27)25-21/h1-2,5-8H,3-4,9-10H2,(H,25,27). The zero-order valence-corrected chi connectivity index (χ0v) is 16.7. The van der Waals surface area contributed by atoms with E-state index in [1.54, 1.807) is 23.1 Å². The van der Waals surface area contributed by atoms with Gasteiger partial charge in [0.25, 0.3) is 5.91 Å². The van der Waals surface area contributed by atoms with Gasteiger partial charge in [-0.05, 0) is 35.7 Å². The highest BCUT2D eigenvalue weighted by atomic mass is 35.5. The van der Waals surface area contributed by atoms with Crippen LogP contribution < -0.4 is 5.32 Å². The second kappa shape index (κ2) is 6.50. The number of hydrogen-bond acceptors (Lipinski definition) is 3. The van der Waals surface area contributed by atoms with Crippen molar-refractivity contribution in [3.05, 3.63) is 57.9 Å². The minimum atomic E-state index is -0.647. The number of thiophene rings is 1. The number of carbonyl (C=O) groups is 2. The van der Waals surface area contributed by atoms with Crippen LogP contribution in [0.5, 0.6) is 0 Å². The average molecular weight is 433 g/mol. The first-order valence-corrected chi connectivity index (χ1v) is 10.3. The van der Waals surface area contributed by atoms with Crippen molar-refractivity contribution < 1.29 is 18.4 Å². The van der Waals surface area contributed by atoms with E-state index in [9.17, 15) is 18.4 Å². The Morgan fingerprint density at radius 2 is 1.83 bits per heavy atom. The molecular formula is C21H15ClF2N2O2S. The second-order valence-corrected chi connectivity index (χ2v) is 9.03. The maximum Gasteiger partial charge on any atom is 0.265 e. The lowest BCUT2D eigenvalue weighted by Crippen LogP contribution is -2.68. The number of nitrogens with zero attached hydrogens (tertiary/aromatic N) is 1. The Morgan fingerprint density at radius 1 is 1.10 bits per heavy atom. The fourth-order valence-electron chi connectivity index (χ4n) is 4.09. The maximum absolute atomic E-state index is 13.6. The molecular weight excluding hydrogens is 418 g/mol. The smallest absolute Gasteiger partial charge is 0.265 e. The Balaban J connectivity index is 1.44. The van der Waals surface area contributed by atoms with Gasteiger partial charge in [0.05, 0.1) is 10.6 Å². The van der Waals surface area contributed by atoms with E-state index in [1.807, 2.05) is 0 Å². The van der Waals surface area contributed by atoms with Crippen LogP contribution in [0.15, 0.2) is 36.4 Å². The number of likely N-dealkylation sites (tertiary alicyclic amines) is 1. The number of halogens is 3. The van der Waals surface area contributed by atoms with Gasteiger partial charge in [-0.25, -0.2) is 8.78 Å². The van der Waals surface area contributed by atoms with E-state index in [4.69, 9.17) is 11.6 Å². The normalized spacial score (nSPS) is 17.6. The highest BCUT2D eigenvalue weighted by Gasteiger charge is 2.49. The van der Waals surface area contributed by atoms with Gasteiger partial charge < -0.3 is 10.2 Å². The molecule has 1 aromatic heterocycles. The molecule has 0 aliphatic carbocycles. The van der Waals surface area contributed by atoms with Crippen LogP contribution in [0.2, 0.25) is 5.02 Å². The number of hydrogen-bond donors (Lipinski definition) is 1. The Hall–Kier alpha value is -2.51. The van der Waals surface area contributed by atoms with Crippen molar-refractivity contribution in [3.63, 3.8) is 0 Å². The zero-order valence-electron chi connectivity index (χ0n) is 15.1. The Bertz CT molecular complexity index is 1170. The average Bonchev–Trinajstić information content (AvgIpc) is 3.19. The summed E-state index contributed by atoms with van der Waals surface area (Å²) in [5.41, 5.74) is 0.776. The molecule has 2 aromatic carbocycles. The lowest BCUT2D eigenvalue weighted by atomic mass is 9.88. The number of benzene rings is 2. The summed E-state index contributed by atoms with van der Waals surface area (Å²) in [7, 11) is 0. The minimum Gasteiger partial charge on any atom is -0.347 e. The van der Waals surface area contributed by atoms with Gasteiger partial charge in [-0.1, -0.05) is 23.7 Å². The highest BCUT2D eigenvalue weighted by Crippen LogP contribution is 2.40. The molecule has 148 valence electrons. The molecule has 2 amide bonds. The molecule has 2 saturated heterocycles. The predicted molar refractivity (Wildman–Crippen MR) is 108 cm³/mol. The first-order valence-electron chi connectivity index (χ1n) is 9.12. The predicted octanol–water partition coefficient (Wildman–Crippen LogP) is 4.60. The van der Waals surface area contributed by atoms with Crippen LogP contribution in [-0.4, -0.2) is 35.3 Å². The van der Waals surface area contributed by atoms with Crippen LogP contribution in [0.3, 0.4) is 0 Å². The van der Waals surface area contributed by atoms with Crippen molar-refractivity contribution in [2.45, 2.75) is 18.4 Å². The van der Waals surface area contributed by atoms with E-state index in [-0.39, 0.29) is 17.4 Å². The van der Waals surface area contributed by atoms with Crippen molar-refractivity contribution in [2.75, 3.05) is 13.1 Å². The lowest BCUT2D eigenvalue weighted by molar-refractivity contribution is -0.120. The molecule has 0 bridgehead atoms. The van der Waals surface area contributed by atoms with Crippen LogP contribution in [0, 0.1) is 11.6 Å². The summed E-state index contributed by atoms with van der Waals surface area (Å²) in [5, 5.41) is 4.06. The van der Waals surface area contributed by atoms with Crippen LogP contribution in [0.4, 0.5) is 8.78 Å². The van der Waals surface area contributed by atoms with Gasteiger partial charge >= 0.3 is 0 Å². The first-order chi connectivity index (χ1) is 13.8. The van der Waals surface area contributed by atoms with E-state index in [0.29, 0.717) is 40.5 Å². The lowest BCUT2D eigenvalue weighted by Gasteiger charge is -2.47. The van der Waals surface area contributed by atoms with Crippen molar-refractivity contribution >= 4 is 44.8 Å². The first kappa shape index (κ1) is 18.5. The summed E-state index contributed by atoms with van der Waals surface area (Å²) in [6, 6.07) is 8.63. The third-order valence-corrected chi connectivity index (χ3v) is 7.17. The van der Waals surface area contributed by atoms with Gasteiger partial charge in [0.15, 0.2) is 0 Å². The molecule has 3 heterocycles. The highest BCUT2D eigenvalue weighted by molar-refractivity contribution is 7.21. The van der Waals surface area contributed by atoms with Crippen LogP contribution in [0.25, 0.3) is 21.2 Å². The molecule has 5 rings (SSSR count). The third kappa shape index (κ3) is 3.09. The molecule has 2 aliphatic rings. The number of nitrogens with one attached hydrogen (secondary N) is 1. The minimum absolute atomic E-state index is 0.0262. The summed E-state index contributed by atoms with van der Waals surface area (Å²) < 4.78 is 27.9. The van der Waals surface area contributed by atoms with Crippen LogP contribution >= 0.6 is 22.9 Å². The molecule has 2 fully saturated rings. The topological polar surface area (TPSA) is 49.4 Å². The SMILES string of the molecule is O=C1CCC2(CN(C(=O)c3sc4cc(-c5cc(F)cc(F)c5)ccc4c3Cl)C2)N1. The Morgan fingerprint density at radius 3 is 2.48 bits per heavy atom. The molecule has 0 atom stereocenters. The number of rotatable bonds is 2. The molecule has 0 radical (unpaired) electrons. The number of amides is 2. The molecule has 2 aliphatic heterocycles. The van der Waals surface area contributed by atoms with Crippen LogP contribution in [0.1, 0.15) is 22.5 Å². The van der Waals surface area contributed by atoms with Gasteiger partial charge in [-0.2, -0.15) is 0 Å². The molecule has 8 heteroatoms. The van der Waals surface area contributed by atoms with E-state index < -0.39 is 11.6 Å². The van der Waals surface area contributed by atoms with Crippen molar-refractivity contribution in [1.29, 1.82) is 0 Å². The molecule has 0 saturated carbocycles. The molecule has 0 unspecified atom stereocenters. The Kier molecular flexibility index (Phi) is 4.15. The summed E-state index contributed by atoms with van der Waals surface area (Å²) in [6.07, 6.45) is 1.23. The van der Waals surface area contributed by atoms with Crippen molar-refractivity contribution in [2.24, 2.45) is 0 Å². The third-order valence-electron chi connectivity index (χ3n) is 5.53. The van der Waals surface area contributed by atoms with Crippen molar-refractivity contribution in [1.82, 2.24) is 10.2 Å². The quantitative estimate of drug-likeness (QED) is 0.643. The van der Waals surface area contributed by atoms with Gasteiger partial charge in [0.1, 0.15) is 16.5 Å². The summed E-state index contributed by atoms with van der Waals surface area (Å²) in [5.74, 6) is -1.43. The monoisotopic (exact) mass is 432 g/mol. The molecule has 4 nitrogen and oxygen atoms in total. The molecule has 29 heavy (non-hydrogen) atoms. The fraction of sp³-hybridized carbons (Fsp3) is 0.238. The summed E-state index contributed by atoms with van der Waals surface area (Å²) >= 11 is 7.73. The second-order valence-electron chi connectivity index (χ2n) is 7.60. The van der Waals surface area contributed by atoms with Gasteiger partial charge in [0.2, 0.25) is 5.91 Å². The van der Waals surface area contributed by atoms with E-state index in [0.717, 1.165) is 22.6 Å². The van der Waals surface area contributed by atoms with E-state index >= 15 is 0 Å². The van der Waals surface area contributed by atoms with Gasteiger partial charge in [-0.3, -0.25) is 9.59 Å². The van der Waals surface area contributed by atoms with Gasteiger partial charge in [0, 0.05) is 35.7 Å². The number of fused-ring (bicyclic) bond motifs is 1. The van der Waals surface area contributed by atoms with Crippen molar-refractivity contribution in [3.8, 4) is 11.1 Å². The number of carbonyl (C=O) groups excluding carboxylic acids is 2. The molecule has 3 aromatic rings. The molecule has 1 N–H and O–H groups in total. The summed E-state index contributed by atoms with van der Waals surface area (Å²) in [4.78, 5) is 26.5. The largest absolute Gasteiger partial charge is 0.347 e. The summed E-state index contributed by atoms with van der Waals surface area (Å²) in [6.45, 7) is 0.964. The maximum atomic E-state index is 13.6. The van der Waals surface area contributed by atoms with E-state index in [2.05, 4.69) is 5.32 Å². The molecule has 1 spiro atoms. The van der Waals surface area contributed by atoms with Gasteiger partial charge in [-0.15, -0.1) is 11.3 Å². The Labute approximate surface area is 174 Å².